The number of thioether (sulfide) groups is 1. The lowest BCUT2D eigenvalue weighted by molar-refractivity contribution is -0.142. The Bertz CT molecular complexity index is 537. The molecule has 2 N–H and O–H groups in total. The van der Waals surface area contributed by atoms with E-state index in [2.05, 4.69) is 10.2 Å². The van der Waals surface area contributed by atoms with Crippen LogP contribution in [0, 0.1) is 5.92 Å². The summed E-state index contributed by atoms with van der Waals surface area (Å²) in [6, 6.07) is 0. The number of carbonyl (C=O) groups excluding carboxylic acids is 1. The van der Waals surface area contributed by atoms with Crippen LogP contribution >= 0.6 is 11.8 Å². The van der Waals surface area contributed by atoms with Crippen LogP contribution in [0.4, 0.5) is 0 Å². The Kier molecular flexibility index (Phi) is 5.81. The number of hydrogen-bond acceptors (Lipinski definition) is 6. The Labute approximate surface area is 114 Å². The zero-order valence-corrected chi connectivity index (χ0v) is 11.9. The summed E-state index contributed by atoms with van der Waals surface area (Å²) in [7, 11) is 0. The van der Waals surface area contributed by atoms with Crippen molar-refractivity contribution in [2.24, 2.45) is 5.92 Å². The van der Waals surface area contributed by atoms with Crippen LogP contribution in [0.1, 0.15) is 27.2 Å². The first kappa shape index (κ1) is 15.5. The highest BCUT2D eigenvalue weighted by Crippen LogP contribution is 2.17. The molecule has 0 aliphatic carbocycles. The van der Waals surface area contributed by atoms with E-state index in [9.17, 15) is 14.4 Å². The fourth-order valence-corrected chi connectivity index (χ4v) is 1.90. The number of aromatic amines is 2. The predicted octanol–water partition coefficient (Wildman–Crippen LogP) is 0.528. The molecule has 0 saturated heterocycles. The van der Waals surface area contributed by atoms with Crippen molar-refractivity contribution in [3.05, 3.63) is 20.8 Å². The molecule has 1 atom stereocenters. The lowest BCUT2D eigenvalue weighted by Gasteiger charge is -2.11. The average Bonchev–Trinajstić information content (AvgIpc) is 2.32. The molecule has 0 bridgehead atoms. The number of ether oxygens (including phenoxy) is 1. The highest BCUT2D eigenvalue weighted by molar-refractivity contribution is 8.00. The number of aromatic nitrogens is 3. The molecule has 8 heteroatoms. The number of rotatable bonds is 6. The zero-order chi connectivity index (χ0) is 14.4. The van der Waals surface area contributed by atoms with E-state index >= 15 is 0 Å². The third kappa shape index (κ3) is 5.29. The number of nitrogens with one attached hydrogen (secondary N) is 2. The lowest BCUT2D eigenvalue weighted by atomic mass is 10.1. The van der Waals surface area contributed by atoms with Gasteiger partial charge in [-0.2, -0.15) is 5.10 Å². The molecule has 0 spiro atoms. The van der Waals surface area contributed by atoms with Crippen LogP contribution in [-0.4, -0.2) is 33.0 Å². The maximum atomic E-state index is 11.7. The Morgan fingerprint density at radius 3 is 2.63 bits per heavy atom. The van der Waals surface area contributed by atoms with Gasteiger partial charge in [-0.1, -0.05) is 25.6 Å². The Morgan fingerprint density at radius 2 is 2.05 bits per heavy atom. The average molecular weight is 287 g/mol. The molecule has 19 heavy (non-hydrogen) atoms. The molecule has 0 aliphatic rings. The lowest BCUT2D eigenvalue weighted by Crippen LogP contribution is -2.27. The number of H-pyrrole nitrogens is 2. The number of hydrogen-bond donors (Lipinski definition) is 2. The second kappa shape index (κ2) is 7.13. The molecule has 0 fully saturated rings. The summed E-state index contributed by atoms with van der Waals surface area (Å²) in [6.07, 6.45) is 0.792. The van der Waals surface area contributed by atoms with Gasteiger partial charge in [0.2, 0.25) is 0 Å². The van der Waals surface area contributed by atoms with E-state index < -0.39 is 22.5 Å². The van der Waals surface area contributed by atoms with Crippen molar-refractivity contribution in [2.75, 3.05) is 6.61 Å². The minimum absolute atomic E-state index is 0.0351. The van der Waals surface area contributed by atoms with Crippen LogP contribution < -0.4 is 11.2 Å². The van der Waals surface area contributed by atoms with Crippen molar-refractivity contribution in [1.82, 2.24) is 15.2 Å². The van der Waals surface area contributed by atoms with E-state index in [0.29, 0.717) is 12.5 Å². The summed E-state index contributed by atoms with van der Waals surface area (Å²) in [6.45, 7) is 6.05. The molecular weight excluding hydrogens is 270 g/mol. The zero-order valence-electron chi connectivity index (χ0n) is 11.1. The van der Waals surface area contributed by atoms with E-state index in [0.717, 1.165) is 18.2 Å². The minimum atomic E-state index is -0.679. The van der Waals surface area contributed by atoms with Gasteiger partial charge in [0.05, 0.1) is 6.61 Å². The summed E-state index contributed by atoms with van der Waals surface area (Å²) in [4.78, 5) is 35.9. The topological polar surface area (TPSA) is 105 Å². The third-order valence-corrected chi connectivity index (χ3v) is 3.29. The van der Waals surface area contributed by atoms with Gasteiger partial charge >= 0.3 is 11.7 Å². The van der Waals surface area contributed by atoms with Gasteiger partial charge in [-0.15, -0.1) is 0 Å². The fourth-order valence-electron chi connectivity index (χ4n) is 1.14. The van der Waals surface area contributed by atoms with E-state index in [1.807, 2.05) is 18.8 Å². The van der Waals surface area contributed by atoms with Gasteiger partial charge in [-0.25, -0.2) is 9.89 Å². The molecule has 1 aromatic heterocycles. The summed E-state index contributed by atoms with van der Waals surface area (Å²) in [5.74, 6) is 0.0533. The maximum Gasteiger partial charge on any atom is 0.342 e. The standard InChI is InChI=1S/C11H17N3O4S/c1-6(2)4-5-18-10(16)7(3)19-9-8(15)12-11(17)14-13-9/h6-7H,4-5H2,1-3H3,(H2,12,14,15,17)/t7-/m1/s1. The minimum Gasteiger partial charge on any atom is -0.465 e. The van der Waals surface area contributed by atoms with Crippen LogP contribution in [0.5, 0.6) is 0 Å². The van der Waals surface area contributed by atoms with Crippen LogP contribution in [0.15, 0.2) is 14.6 Å². The van der Waals surface area contributed by atoms with Gasteiger partial charge in [0.15, 0.2) is 5.03 Å². The van der Waals surface area contributed by atoms with Crippen molar-refractivity contribution >= 4 is 17.7 Å². The summed E-state index contributed by atoms with van der Waals surface area (Å²) >= 11 is 0.946. The molecule has 1 rings (SSSR count). The summed E-state index contributed by atoms with van der Waals surface area (Å²) in [5, 5.41) is 5.16. The van der Waals surface area contributed by atoms with Gasteiger partial charge in [-0.3, -0.25) is 14.6 Å². The van der Waals surface area contributed by atoms with Crippen molar-refractivity contribution in [3.8, 4) is 0 Å². The molecule has 0 saturated carbocycles. The molecule has 0 unspecified atom stereocenters. The quantitative estimate of drug-likeness (QED) is 0.584. The molecule has 0 radical (unpaired) electrons. The van der Waals surface area contributed by atoms with E-state index in [1.165, 1.54) is 0 Å². The van der Waals surface area contributed by atoms with Gasteiger partial charge in [0.25, 0.3) is 5.56 Å². The van der Waals surface area contributed by atoms with Crippen molar-refractivity contribution in [1.29, 1.82) is 0 Å². The van der Waals surface area contributed by atoms with E-state index in [4.69, 9.17) is 4.74 Å². The molecule has 106 valence electrons. The summed E-state index contributed by atoms with van der Waals surface area (Å²) < 4.78 is 5.08. The van der Waals surface area contributed by atoms with E-state index in [1.54, 1.807) is 6.92 Å². The van der Waals surface area contributed by atoms with Crippen molar-refractivity contribution in [3.63, 3.8) is 0 Å². The van der Waals surface area contributed by atoms with Crippen molar-refractivity contribution in [2.45, 2.75) is 37.5 Å². The van der Waals surface area contributed by atoms with Crippen molar-refractivity contribution < 1.29 is 9.53 Å². The maximum absolute atomic E-state index is 11.7. The Balaban J connectivity index is 2.54. The first-order valence-corrected chi connectivity index (χ1v) is 6.80. The number of nitrogens with zero attached hydrogens (tertiary/aromatic N) is 1. The first-order chi connectivity index (χ1) is 8.90. The largest absolute Gasteiger partial charge is 0.465 e. The molecule has 1 heterocycles. The van der Waals surface area contributed by atoms with Crippen LogP contribution in [0.2, 0.25) is 0 Å². The van der Waals surface area contributed by atoms with E-state index in [-0.39, 0.29) is 5.03 Å². The second-order valence-corrected chi connectivity index (χ2v) is 5.75. The molecule has 0 amide bonds. The first-order valence-electron chi connectivity index (χ1n) is 5.92. The summed E-state index contributed by atoms with van der Waals surface area (Å²) in [5.41, 5.74) is -1.29. The normalized spacial score (nSPS) is 12.4. The number of esters is 1. The molecule has 7 nitrogen and oxygen atoms in total. The van der Waals surface area contributed by atoms with Crippen LogP contribution in [0.25, 0.3) is 0 Å². The van der Waals surface area contributed by atoms with Gasteiger partial charge in [0, 0.05) is 0 Å². The highest BCUT2D eigenvalue weighted by Gasteiger charge is 2.18. The van der Waals surface area contributed by atoms with Gasteiger partial charge < -0.3 is 4.74 Å². The van der Waals surface area contributed by atoms with Gasteiger partial charge in [-0.05, 0) is 19.3 Å². The molecule has 0 aromatic carbocycles. The molecule has 1 aromatic rings. The second-order valence-electron chi connectivity index (χ2n) is 4.42. The van der Waals surface area contributed by atoms with Gasteiger partial charge in [0.1, 0.15) is 5.25 Å². The monoisotopic (exact) mass is 287 g/mol. The SMILES string of the molecule is CC(C)CCOC(=O)[C@@H](C)Sc1n[nH]c(=O)[nH]c1=O. The number of carbonyl (C=O) groups is 1. The smallest absolute Gasteiger partial charge is 0.342 e. The highest BCUT2D eigenvalue weighted by atomic mass is 32.2. The van der Waals surface area contributed by atoms with Crippen LogP contribution in [0.3, 0.4) is 0 Å². The Morgan fingerprint density at radius 1 is 1.37 bits per heavy atom. The Hall–Kier alpha value is -1.57. The third-order valence-electron chi connectivity index (χ3n) is 2.24. The fraction of sp³-hybridized carbons (Fsp3) is 0.636. The predicted molar refractivity (Wildman–Crippen MR) is 71.2 cm³/mol. The van der Waals surface area contributed by atoms with Crippen LogP contribution in [-0.2, 0) is 9.53 Å². The molecular formula is C11H17N3O4S. The molecule has 0 aliphatic heterocycles.